The molecule has 2 rings (SSSR count). The van der Waals surface area contributed by atoms with Crippen LogP contribution in [-0.2, 0) is 0 Å². The van der Waals surface area contributed by atoms with Gasteiger partial charge < -0.3 is 0 Å². The first-order valence-electron chi connectivity index (χ1n) is 5.29. The van der Waals surface area contributed by atoms with E-state index in [0.29, 0.717) is 5.56 Å². The van der Waals surface area contributed by atoms with Crippen LogP contribution >= 0.6 is 15.9 Å². The topological polar surface area (TPSA) is 17.1 Å². The Morgan fingerprint density at radius 2 is 1.59 bits per heavy atom. The lowest BCUT2D eigenvalue weighted by Crippen LogP contribution is -1.92. The lowest BCUT2D eigenvalue weighted by Gasteiger charge is -1.95. The largest absolute Gasteiger partial charge is 0.289 e. The summed E-state index contributed by atoms with van der Waals surface area (Å²) in [6, 6.07) is 17.1. The quantitative estimate of drug-likeness (QED) is 0.606. The van der Waals surface area contributed by atoms with E-state index < -0.39 is 0 Å². The molecule has 0 saturated heterocycles. The Morgan fingerprint density at radius 3 is 2.24 bits per heavy atom. The maximum atomic E-state index is 11.8. The fourth-order valence-electron chi connectivity index (χ4n) is 1.44. The highest BCUT2D eigenvalue weighted by Gasteiger charge is 1.98. The molecule has 0 fully saturated rings. The van der Waals surface area contributed by atoms with Gasteiger partial charge in [0.25, 0.3) is 0 Å². The molecule has 17 heavy (non-hydrogen) atoms. The zero-order valence-corrected chi connectivity index (χ0v) is 10.7. The van der Waals surface area contributed by atoms with Crippen LogP contribution in [0.15, 0.2) is 65.1 Å². The van der Waals surface area contributed by atoms with Crippen molar-refractivity contribution in [1.82, 2.24) is 0 Å². The third-order valence-electron chi connectivity index (χ3n) is 2.36. The lowest BCUT2D eigenvalue weighted by molar-refractivity contribution is 0.104. The van der Waals surface area contributed by atoms with Gasteiger partial charge in [0.2, 0.25) is 0 Å². The van der Waals surface area contributed by atoms with E-state index in [1.54, 1.807) is 6.08 Å². The Hall–Kier alpha value is -1.67. The van der Waals surface area contributed by atoms with Crippen molar-refractivity contribution in [3.63, 3.8) is 0 Å². The molecular weight excluding hydrogens is 276 g/mol. The van der Waals surface area contributed by atoms with E-state index in [-0.39, 0.29) is 5.78 Å². The van der Waals surface area contributed by atoms with Crippen molar-refractivity contribution in [2.45, 2.75) is 0 Å². The molecule has 0 spiro atoms. The molecule has 0 atom stereocenters. The minimum absolute atomic E-state index is 0.0218. The van der Waals surface area contributed by atoms with Crippen molar-refractivity contribution in [2.24, 2.45) is 0 Å². The maximum absolute atomic E-state index is 11.8. The average molecular weight is 287 g/mol. The van der Waals surface area contributed by atoms with Gasteiger partial charge in [0.1, 0.15) is 0 Å². The van der Waals surface area contributed by atoms with E-state index in [1.807, 2.05) is 60.7 Å². The molecule has 0 amide bonds. The molecular formula is C15H11BrO. The molecule has 0 heterocycles. The highest BCUT2D eigenvalue weighted by molar-refractivity contribution is 9.10. The third-order valence-corrected chi connectivity index (χ3v) is 2.88. The van der Waals surface area contributed by atoms with Crippen molar-refractivity contribution >= 4 is 27.8 Å². The SMILES string of the molecule is O=C(C=Cc1ccc(Br)cc1)c1ccccc1. The molecule has 0 aliphatic heterocycles. The molecule has 2 aromatic rings. The number of carbonyl (C=O) groups is 1. The van der Waals surface area contributed by atoms with Gasteiger partial charge in [-0.05, 0) is 23.8 Å². The van der Waals surface area contributed by atoms with E-state index in [4.69, 9.17) is 0 Å². The zero-order chi connectivity index (χ0) is 12.1. The first kappa shape index (κ1) is 11.8. The van der Waals surface area contributed by atoms with Crippen LogP contribution in [0, 0.1) is 0 Å². The van der Waals surface area contributed by atoms with E-state index in [9.17, 15) is 4.79 Å². The summed E-state index contributed by atoms with van der Waals surface area (Å²) in [5.74, 6) is 0.0218. The first-order chi connectivity index (χ1) is 8.25. The van der Waals surface area contributed by atoms with Gasteiger partial charge in [-0.15, -0.1) is 0 Å². The normalized spacial score (nSPS) is 10.6. The molecule has 1 nitrogen and oxygen atoms in total. The number of hydrogen-bond donors (Lipinski definition) is 0. The minimum atomic E-state index is 0.0218. The number of allylic oxidation sites excluding steroid dienone is 1. The fourth-order valence-corrected chi connectivity index (χ4v) is 1.71. The van der Waals surface area contributed by atoms with Crippen LogP contribution in [0.4, 0.5) is 0 Å². The van der Waals surface area contributed by atoms with E-state index in [0.717, 1.165) is 10.0 Å². The van der Waals surface area contributed by atoms with Crippen LogP contribution < -0.4 is 0 Å². The molecule has 0 radical (unpaired) electrons. The molecule has 2 heteroatoms. The van der Waals surface area contributed by atoms with Crippen LogP contribution in [0.1, 0.15) is 15.9 Å². The smallest absolute Gasteiger partial charge is 0.185 e. The monoisotopic (exact) mass is 286 g/mol. The van der Waals surface area contributed by atoms with Crippen LogP contribution in [-0.4, -0.2) is 5.78 Å². The summed E-state index contributed by atoms with van der Waals surface area (Å²) < 4.78 is 1.03. The van der Waals surface area contributed by atoms with Gasteiger partial charge in [0.15, 0.2) is 5.78 Å². The van der Waals surface area contributed by atoms with Crippen LogP contribution in [0.25, 0.3) is 6.08 Å². The van der Waals surface area contributed by atoms with Crippen molar-refractivity contribution in [3.05, 3.63) is 76.3 Å². The highest BCUT2D eigenvalue weighted by Crippen LogP contribution is 2.12. The van der Waals surface area contributed by atoms with Gasteiger partial charge in [-0.1, -0.05) is 64.5 Å². The summed E-state index contributed by atoms with van der Waals surface area (Å²) in [6.07, 6.45) is 3.42. The maximum Gasteiger partial charge on any atom is 0.185 e. The second-order valence-corrected chi connectivity index (χ2v) is 4.53. The first-order valence-corrected chi connectivity index (χ1v) is 6.08. The van der Waals surface area contributed by atoms with Crippen LogP contribution in [0.2, 0.25) is 0 Å². The second kappa shape index (κ2) is 5.60. The van der Waals surface area contributed by atoms with Gasteiger partial charge in [-0.25, -0.2) is 0 Å². The van der Waals surface area contributed by atoms with Gasteiger partial charge >= 0.3 is 0 Å². The summed E-state index contributed by atoms with van der Waals surface area (Å²) in [5.41, 5.74) is 1.72. The number of rotatable bonds is 3. The Bertz CT molecular complexity index is 527. The molecule has 0 N–H and O–H groups in total. The van der Waals surface area contributed by atoms with Gasteiger partial charge in [-0.2, -0.15) is 0 Å². The third kappa shape index (κ3) is 3.40. The molecule has 2 aromatic carbocycles. The Balaban J connectivity index is 2.11. The van der Waals surface area contributed by atoms with E-state index in [1.165, 1.54) is 0 Å². The molecule has 84 valence electrons. The second-order valence-electron chi connectivity index (χ2n) is 3.62. The summed E-state index contributed by atoms with van der Waals surface area (Å²) in [5, 5.41) is 0. The number of ketones is 1. The summed E-state index contributed by atoms with van der Waals surface area (Å²) >= 11 is 3.37. The number of halogens is 1. The molecule has 0 aliphatic carbocycles. The Labute approximate surface area is 109 Å². The summed E-state index contributed by atoms with van der Waals surface area (Å²) in [4.78, 5) is 11.8. The summed E-state index contributed by atoms with van der Waals surface area (Å²) in [7, 11) is 0. The predicted molar refractivity (Wildman–Crippen MR) is 73.9 cm³/mol. The van der Waals surface area contributed by atoms with Crippen molar-refractivity contribution < 1.29 is 4.79 Å². The number of benzene rings is 2. The number of carbonyl (C=O) groups excluding carboxylic acids is 1. The summed E-state index contributed by atoms with van der Waals surface area (Å²) in [6.45, 7) is 0. The van der Waals surface area contributed by atoms with Crippen LogP contribution in [0.5, 0.6) is 0 Å². The molecule has 0 aliphatic rings. The predicted octanol–water partition coefficient (Wildman–Crippen LogP) is 4.35. The average Bonchev–Trinajstić information content (AvgIpc) is 2.39. The van der Waals surface area contributed by atoms with Gasteiger partial charge in [0, 0.05) is 10.0 Å². The molecule has 0 bridgehead atoms. The Kier molecular flexibility index (Phi) is 3.89. The minimum Gasteiger partial charge on any atom is -0.289 e. The van der Waals surface area contributed by atoms with Gasteiger partial charge in [0.05, 0.1) is 0 Å². The molecule has 0 aromatic heterocycles. The molecule has 0 unspecified atom stereocenters. The fraction of sp³-hybridized carbons (Fsp3) is 0. The standard InChI is InChI=1S/C15H11BrO/c16-14-9-6-12(7-10-14)8-11-15(17)13-4-2-1-3-5-13/h1-11H. The van der Waals surface area contributed by atoms with Gasteiger partial charge in [-0.3, -0.25) is 4.79 Å². The zero-order valence-electron chi connectivity index (χ0n) is 9.14. The molecule has 0 saturated carbocycles. The Morgan fingerprint density at radius 1 is 0.941 bits per heavy atom. The van der Waals surface area contributed by atoms with Crippen LogP contribution in [0.3, 0.4) is 0 Å². The van der Waals surface area contributed by atoms with Crippen molar-refractivity contribution in [1.29, 1.82) is 0 Å². The van der Waals surface area contributed by atoms with E-state index >= 15 is 0 Å². The number of hydrogen-bond acceptors (Lipinski definition) is 1. The highest BCUT2D eigenvalue weighted by atomic mass is 79.9. The van der Waals surface area contributed by atoms with Crippen molar-refractivity contribution in [3.8, 4) is 0 Å². The van der Waals surface area contributed by atoms with E-state index in [2.05, 4.69) is 15.9 Å². The van der Waals surface area contributed by atoms with Crippen molar-refractivity contribution in [2.75, 3.05) is 0 Å². The lowest BCUT2D eigenvalue weighted by atomic mass is 10.1.